The largest absolute Gasteiger partial charge is 0.362 e. The Morgan fingerprint density at radius 2 is 1.88 bits per heavy atom. The van der Waals surface area contributed by atoms with E-state index in [0.717, 1.165) is 31.4 Å². The van der Waals surface area contributed by atoms with Gasteiger partial charge in [-0.15, -0.1) is 4.40 Å². The van der Waals surface area contributed by atoms with Gasteiger partial charge >= 0.3 is 0 Å². The van der Waals surface area contributed by atoms with Crippen molar-refractivity contribution in [1.29, 1.82) is 0 Å². The van der Waals surface area contributed by atoms with Gasteiger partial charge in [-0.25, -0.2) is 0 Å². The Kier molecular flexibility index (Phi) is 6.36. The molecule has 0 atom stereocenters. The maximum atomic E-state index is 12.9. The van der Waals surface area contributed by atoms with Crippen LogP contribution in [0.3, 0.4) is 0 Å². The molecular formula is C23H24N4O4S. The van der Waals surface area contributed by atoms with Gasteiger partial charge in [0.2, 0.25) is 5.76 Å². The Bertz CT molecular complexity index is 1240. The van der Waals surface area contributed by atoms with E-state index in [9.17, 15) is 13.2 Å². The maximum absolute atomic E-state index is 12.9. The fourth-order valence-electron chi connectivity index (χ4n) is 3.49. The van der Waals surface area contributed by atoms with Crippen molar-refractivity contribution < 1.29 is 17.7 Å². The number of benzene rings is 2. The van der Waals surface area contributed by atoms with Crippen LogP contribution in [0.1, 0.15) is 36.2 Å². The number of hydrogen-bond acceptors (Lipinski definition) is 5. The van der Waals surface area contributed by atoms with Gasteiger partial charge in [0.1, 0.15) is 11.5 Å². The molecule has 0 saturated carbocycles. The van der Waals surface area contributed by atoms with Crippen molar-refractivity contribution in [2.45, 2.75) is 30.6 Å². The first-order valence-electron chi connectivity index (χ1n) is 10.4. The number of aromatic nitrogens is 1. The highest BCUT2D eigenvalue weighted by atomic mass is 32.2. The number of amidine groups is 1. The molecule has 9 heteroatoms. The summed E-state index contributed by atoms with van der Waals surface area (Å²) in [6, 6.07) is 16.9. The zero-order valence-corrected chi connectivity index (χ0v) is 18.5. The molecule has 8 nitrogen and oxygen atoms in total. The Morgan fingerprint density at radius 3 is 2.69 bits per heavy atom. The second-order valence-electron chi connectivity index (χ2n) is 7.64. The molecule has 2 aromatic carbocycles. The second-order valence-corrected chi connectivity index (χ2v) is 9.24. The molecule has 1 saturated heterocycles. The number of likely N-dealkylation sites (tertiary alicyclic amines) is 1. The van der Waals surface area contributed by atoms with Crippen LogP contribution in [0, 0.1) is 0 Å². The van der Waals surface area contributed by atoms with Crippen LogP contribution in [0.15, 0.2) is 74.5 Å². The van der Waals surface area contributed by atoms with Gasteiger partial charge in [-0.1, -0.05) is 48.0 Å². The van der Waals surface area contributed by atoms with Crippen molar-refractivity contribution in [2.75, 3.05) is 18.9 Å². The summed E-state index contributed by atoms with van der Waals surface area (Å²) in [6.07, 6.45) is 3.61. The molecule has 32 heavy (non-hydrogen) atoms. The van der Waals surface area contributed by atoms with E-state index in [0.29, 0.717) is 23.6 Å². The highest BCUT2D eigenvalue weighted by Crippen LogP contribution is 2.22. The first-order chi connectivity index (χ1) is 15.4. The van der Waals surface area contributed by atoms with Gasteiger partial charge in [0.15, 0.2) is 0 Å². The minimum atomic E-state index is -3.90. The summed E-state index contributed by atoms with van der Waals surface area (Å²) in [5.41, 5.74) is 1.68. The van der Waals surface area contributed by atoms with Crippen LogP contribution in [0.25, 0.3) is 11.3 Å². The molecule has 3 aromatic rings. The molecule has 4 rings (SSSR count). The molecule has 0 radical (unpaired) electrons. The number of rotatable bonds is 5. The molecule has 2 heterocycles. The van der Waals surface area contributed by atoms with E-state index in [-0.39, 0.29) is 10.7 Å². The SMILES string of the molecule is CN1CCCCC/C1=N\S(=O)(=O)c1cccc(NC(=O)c2cc(-c3ccccc3)no2)c1. The molecule has 1 aromatic heterocycles. The normalized spacial score (nSPS) is 16.0. The van der Waals surface area contributed by atoms with E-state index in [2.05, 4.69) is 14.9 Å². The summed E-state index contributed by atoms with van der Waals surface area (Å²) < 4.78 is 35.0. The summed E-state index contributed by atoms with van der Waals surface area (Å²) >= 11 is 0. The second kappa shape index (κ2) is 9.35. The van der Waals surface area contributed by atoms with Gasteiger partial charge in [-0.05, 0) is 31.0 Å². The van der Waals surface area contributed by atoms with Crippen molar-refractivity contribution in [3.8, 4) is 11.3 Å². The molecule has 1 aliphatic rings. The average molecular weight is 453 g/mol. The molecule has 1 fully saturated rings. The molecule has 1 amide bonds. The first-order valence-corrected chi connectivity index (χ1v) is 11.8. The molecule has 0 spiro atoms. The fraction of sp³-hybridized carbons (Fsp3) is 0.261. The van der Waals surface area contributed by atoms with E-state index in [4.69, 9.17) is 4.52 Å². The number of carbonyl (C=O) groups excluding carboxylic acids is 1. The molecule has 0 aliphatic carbocycles. The molecule has 0 unspecified atom stereocenters. The van der Waals surface area contributed by atoms with E-state index in [1.54, 1.807) is 18.2 Å². The van der Waals surface area contributed by atoms with Crippen LogP contribution in [0.4, 0.5) is 5.69 Å². The predicted octanol–water partition coefficient (Wildman–Crippen LogP) is 4.19. The summed E-state index contributed by atoms with van der Waals surface area (Å²) in [4.78, 5) is 14.5. The van der Waals surface area contributed by atoms with E-state index < -0.39 is 15.9 Å². The third kappa shape index (κ3) is 5.05. The van der Waals surface area contributed by atoms with Gasteiger partial charge in [-0.3, -0.25) is 4.79 Å². The predicted molar refractivity (Wildman–Crippen MR) is 122 cm³/mol. The number of sulfonamides is 1. The minimum Gasteiger partial charge on any atom is -0.362 e. The Hall–Kier alpha value is -3.46. The summed E-state index contributed by atoms with van der Waals surface area (Å²) in [5.74, 6) is 0.0634. The maximum Gasteiger partial charge on any atom is 0.294 e. The van der Waals surface area contributed by atoms with Crippen LogP contribution in [-0.4, -0.2) is 43.8 Å². The number of anilines is 1. The van der Waals surface area contributed by atoms with Crippen molar-refractivity contribution in [3.63, 3.8) is 0 Å². The molecule has 166 valence electrons. The van der Waals surface area contributed by atoms with Gasteiger partial charge in [0, 0.05) is 37.3 Å². The van der Waals surface area contributed by atoms with Crippen LogP contribution in [0.2, 0.25) is 0 Å². The Morgan fingerprint density at radius 1 is 1.06 bits per heavy atom. The van der Waals surface area contributed by atoms with Crippen LogP contribution >= 0.6 is 0 Å². The lowest BCUT2D eigenvalue weighted by molar-refractivity contribution is 0.0988. The lowest BCUT2D eigenvalue weighted by atomic mass is 10.1. The van der Waals surface area contributed by atoms with Crippen molar-refractivity contribution in [2.24, 2.45) is 4.40 Å². The van der Waals surface area contributed by atoms with Gasteiger partial charge in [0.05, 0.1) is 4.90 Å². The quantitative estimate of drug-likeness (QED) is 0.622. The van der Waals surface area contributed by atoms with Gasteiger partial charge < -0.3 is 14.7 Å². The fourth-order valence-corrected chi connectivity index (χ4v) is 4.63. The van der Waals surface area contributed by atoms with Gasteiger partial charge in [0.25, 0.3) is 15.9 Å². The molecular weight excluding hydrogens is 428 g/mol. The number of amides is 1. The van der Waals surface area contributed by atoms with Crippen LogP contribution in [-0.2, 0) is 10.0 Å². The minimum absolute atomic E-state index is 0.0167. The summed E-state index contributed by atoms with van der Waals surface area (Å²) in [6.45, 7) is 0.784. The average Bonchev–Trinajstić information content (AvgIpc) is 3.21. The van der Waals surface area contributed by atoms with E-state index >= 15 is 0 Å². The lowest BCUT2D eigenvalue weighted by Gasteiger charge is -2.17. The summed E-state index contributed by atoms with van der Waals surface area (Å²) in [7, 11) is -2.05. The number of carbonyl (C=O) groups is 1. The van der Waals surface area contributed by atoms with E-state index in [1.807, 2.05) is 42.3 Å². The zero-order valence-electron chi connectivity index (χ0n) is 17.7. The molecule has 1 N–H and O–H groups in total. The van der Waals surface area contributed by atoms with E-state index in [1.165, 1.54) is 12.1 Å². The molecule has 1 aliphatic heterocycles. The third-order valence-corrected chi connectivity index (χ3v) is 6.55. The smallest absolute Gasteiger partial charge is 0.294 e. The standard InChI is InChI=1S/C23H24N4O4S/c1-27-14-7-3-6-13-22(27)26-32(29,30)19-12-8-11-18(15-19)24-23(28)21-16-20(25-31-21)17-9-4-2-5-10-17/h2,4-5,8-12,15-16H,3,6-7,13-14H2,1H3,(H,24,28)/b26-22+. The van der Waals surface area contributed by atoms with Crippen molar-refractivity contribution >= 4 is 27.5 Å². The first kappa shape index (κ1) is 21.8. The monoisotopic (exact) mass is 452 g/mol. The number of nitrogens with zero attached hydrogens (tertiary/aromatic N) is 3. The topological polar surface area (TPSA) is 105 Å². The van der Waals surface area contributed by atoms with Crippen molar-refractivity contribution in [1.82, 2.24) is 10.1 Å². The third-order valence-electron chi connectivity index (χ3n) is 5.25. The number of hydrogen-bond donors (Lipinski definition) is 1. The Labute approximate surface area is 187 Å². The van der Waals surface area contributed by atoms with Crippen LogP contribution in [0.5, 0.6) is 0 Å². The van der Waals surface area contributed by atoms with Gasteiger partial charge in [-0.2, -0.15) is 8.42 Å². The van der Waals surface area contributed by atoms with Crippen LogP contribution < -0.4 is 5.32 Å². The summed E-state index contributed by atoms with van der Waals surface area (Å²) in [5, 5.41) is 6.59. The lowest BCUT2D eigenvalue weighted by Crippen LogP contribution is -2.26. The van der Waals surface area contributed by atoms with Crippen molar-refractivity contribution in [3.05, 3.63) is 66.4 Å². The highest BCUT2D eigenvalue weighted by molar-refractivity contribution is 7.90. The molecule has 0 bridgehead atoms. The zero-order chi connectivity index (χ0) is 22.6. The Balaban J connectivity index is 1.52. The highest BCUT2D eigenvalue weighted by Gasteiger charge is 2.20. The number of nitrogens with one attached hydrogen (secondary N) is 1.